The Hall–Kier alpha value is -1.48. The molecule has 1 aromatic carbocycles. The molecule has 2 N–H and O–H groups in total. The number of carbonyl (C=O) groups is 1. The summed E-state index contributed by atoms with van der Waals surface area (Å²) in [6.45, 7) is 1.91. The molecule has 0 aliphatic carbocycles. The number of fused-ring (bicyclic) bond motifs is 1. The van der Waals surface area contributed by atoms with E-state index >= 15 is 0 Å². The third kappa shape index (κ3) is 1.70. The molecule has 0 saturated carbocycles. The van der Waals surface area contributed by atoms with Gasteiger partial charge in [-0.1, -0.05) is 11.6 Å². The minimum Gasteiger partial charge on any atom is -0.481 e. The minimum atomic E-state index is -0.843. The lowest BCUT2D eigenvalue weighted by Gasteiger charge is -2.06. The van der Waals surface area contributed by atoms with Crippen LogP contribution in [0.5, 0.6) is 0 Å². The number of carboxylic acids is 1. The molecule has 0 spiro atoms. The van der Waals surface area contributed by atoms with Gasteiger partial charge < -0.3 is 10.1 Å². The Labute approximate surface area is 91.7 Å². The molecular weight excluding hydrogens is 214 g/mol. The zero-order chi connectivity index (χ0) is 11.0. The van der Waals surface area contributed by atoms with Gasteiger partial charge in [0.05, 0.1) is 17.0 Å². The lowest BCUT2D eigenvalue weighted by Crippen LogP contribution is -2.02. The molecule has 0 radical (unpaired) electrons. The second kappa shape index (κ2) is 3.59. The second-order valence-corrected chi connectivity index (χ2v) is 3.89. The molecule has 4 heteroatoms. The largest absolute Gasteiger partial charge is 0.481 e. The summed E-state index contributed by atoms with van der Waals surface area (Å²) in [5.41, 5.74) is 2.60. The molecule has 0 aliphatic rings. The summed E-state index contributed by atoms with van der Waals surface area (Å²) in [4.78, 5) is 13.7. The molecule has 15 heavy (non-hydrogen) atoms. The van der Waals surface area contributed by atoms with Crippen molar-refractivity contribution in [3.63, 3.8) is 0 Å². The summed E-state index contributed by atoms with van der Waals surface area (Å²) in [6, 6.07) is 3.62. The van der Waals surface area contributed by atoms with E-state index in [4.69, 9.17) is 16.7 Å². The van der Waals surface area contributed by atoms with Crippen molar-refractivity contribution in [2.45, 2.75) is 13.3 Å². The van der Waals surface area contributed by atoms with Crippen LogP contribution in [0.4, 0.5) is 0 Å². The maximum absolute atomic E-state index is 10.7. The second-order valence-electron chi connectivity index (χ2n) is 3.48. The van der Waals surface area contributed by atoms with Crippen molar-refractivity contribution in [2.24, 2.45) is 0 Å². The van der Waals surface area contributed by atoms with Gasteiger partial charge in [0, 0.05) is 11.6 Å². The summed E-state index contributed by atoms with van der Waals surface area (Å²) >= 11 is 6.03. The lowest BCUT2D eigenvalue weighted by atomic mass is 10.0. The fourth-order valence-corrected chi connectivity index (χ4v) is 2.02. The van der Waals surface area contributed by atoms with Crippen LogP contribution in [0.15, 0.2) is 18.3 Å². The Morgan fingerprint density at radius 1 is 1.60 bits per heavy atom. The highest BCUT2D eigenvalue weighted by Gasteiger charge is 2.10. The summed E-state index contributed by atoms with van der Waals surface area (Å²) in [5, 5.41) is 10.3. The van der Waals surface area contributed by atoms with E-state index in [9.17, 15) is 4.79 Å². The van der Waals surface area contributed by atoms with E-state index in [1.54, 1.807) is 12.3 Å². The van der Waals surface area contributed by atoms with Crippen LogP contribution in [0, 0.1) is 6.92 Å². The molecule has 0 bridgehead atoms. The number of halogens is 1. The number of H-pyrrole nitrogens is 1. The Morgan fingerprint density at radius 3 is 3.00 bits per heavy atom. The van der Waals surface area contributed by atoms with Crippen LogP contribution in [-0.4, -0.2) is 16.1 Å². The molecule has 0 atom stereocenters. The maximum Gasteiger partial charge on any atom is 0.307 e. The fourth-order valence-electron chi connectivity index (χ4n) is 1.73. The first kappa shape index (κ1) is 10.1. The van der Waals surface area contributed by atoms with Crippen molar-refractivity contribution < 1.29 is 9.90 Å². The van der Waals surface area contributed by atoms with Crippen LogP contribution in [0.2, 0.25) is 5.02 Å². The highest BCUT2D eigenvalue weighted by Crippen LogP contribution is 2.28. The molecule has 0 unspecified atom stereocenters. The van der Waals surface area contributed by atoms with Crippen LogP contribution in [-0.2, 0) is 11.2 Å². The Bertz CT molecular complexity index is 531. The van der Waals surface area contributed by atoms with Gasteiger partial charge in [0.1, 0.15) is 0 Å². The number of benzene rings is 1. The van der Waals surface area contributed by atoms with Gasteiger partial charge in [0.15, 0.2) is 0 Å². The van der Waals surface area contributed by atoms with E-state index < -0.39 is 5.97 Å². The van der Waals surface area contributed by atoms with Gasteiger partial charge in [-0.3, -0.25) is 4.79 Å². The van der Waals surface area contributed by atoms with Crippen molar-refractivity contribution in [2.75, 3.05) is 0 Å². The first-order valence-electron chi connectivity index (χ1n) is 4.56. The molecule has 0 fully saturated rings. The Kier molecular flexibility index (Phi) is 2.40. The van der Waals surface area contributed by atoms with Gasteiger partial charge in [-0.15, -0.1) is 0 Å². The van der Waals surface area contributed by atoms with Crippen molar-refractivity contribution in [3.05, 3.63) is 34.5 Å². The Balaban J connectivity index is 2.65. The number of aromatic amines is 1. The smallest absolute Gasteiger partial charge is 0.307 e. The van der Waals surface area contributed by atoms with Crippen LogP contribution in [0.3, 0.4) is 0 Å². The zero-order valence-electron chi connectivity index (χ0n) is 8.17. The molecule has 1 aromatic heterocycles. The molecule has 0 aliphatic heterocycles. The highest BCUT2D eigenvalue weighted by atomic mass is 35.5. The molecule has 0 saturated heterocycles. The quantitative estimate of drug-likeness (QED) is 0.823. The average molecular weight is 224 g/mol. The van der Waals surface area contributed by atoms with Gasteiger partial charge in [0.25, 0.3) is 0 Å². The number of hydrogen-bond acceptors (Lipinski definition) is 1. The summed E-state index contributed by atoms with van der Waals surface area (Å²) in [6.07, 6.45) is 1.81. The van der Waals surface area contributed by atoms with Crippen molar-refractivity contribution in [1.29, 1.82) is 0 Å². The molecular formula is C11H10ClNO2. The molecule has 2 aromatic rings. The molecule has 0 amide bonds. The van der Waals surface area contributed by atoms with Gasteiger partial charge in [0.2, 0.25) is 0 Å². The van der Waals surface area contributed by atoms with Crippen molar-refractivity contribution in [3.8, 4) is 0 Å². The molecule has 1 heterocycles. The number of aryl methyl sites for hydroxylation is 1. The highest BCUT2D eigenvalue weighted by molar-refractivity contribution is 6.35. The number of hydrogen-bond donors (Lipinski definition) is 2. The number of rotatable bonds is 2. The Morgan fingerprint density at radius 2 is 2.33 bits per heavy atom. The zero-order valence-corrected chi connectivity index (χ0v) is 8.93. The fraction of sp³-hybridized carbons (Fsp3) is 0.182. The third-order valence-electron chi connectivity index (χ3n) is 2.51. The number of nitrogens with one attached hydrogen (secondary N) is 1. The van der Waals surface area contributed by atoms with Crippen LogP contribution in [0.1, 0.15) is 11.1 Å². The van der Waals surface area contributed by atoms with E-state index in [1.165, 1.54) is 0 Å². The molecule has 2 rings (SSSR count). The van der Waals surface area contributed by atoms with Crippen LogP contribution < -0.4 is 0 Å². The molecule has 78 valence electrons. The predicted molar refractivity (Wildman–Crippen MR) is 59.4 cm³/mol. The monoisotopic (exact) mass is 223 g/mol. The first-order valence-corrected chi connectivity index (χ1v) is 4.94. The summed E-state index contributed by atoms with van der Waals surface area (Å²) in [5.74, 6) is -0.843. The van der Waals surface area contributed by atoms with E-state index in [0.29, 0.717) is 5.02 Å². The number of aliphatic carboxylic acids is 1. The van der Waals surface area contributed by atoms with E-state index in [0.717, 1.165) is 22.0 Å². The van der Waals surface area contributed by atoms with Gasteiger partial charge in [-0.2, -0.15) is 0 Å². The first-order chi connectivity index (χ1) is 7.09. The number of aromatic nitrogens is 1. The third-order valence-corrected chi connectivity index (χ3v) is 2.81. The standard InChI is InChI=1S/C11H10ClNO2/c1-6-7(5-10(14)15)4-9(12)11-8(6)2-3-13-11/h2-4,13H,5H2,1H3,(H,14,15). The maximum atomic E-state index is 10.7. The summed E-state index contributed by atoms with van der Waals surface area (Å²) in [7, 11) is 0. The van der Waals surface area contributed by atoms with Crippen LogP contribution >= 0.6 is 11.6 Å². The summed E-state index contributed by atoms with van der Waals surface area (Å²) < 4.78 is 0. The van der Waals surface area contributed by atoms with E-state index in [2.05, 4.69) is 4.98 Å². The SMILES string of the molecule is Cc1c(CC(=O)O)cc(Cl)c2[nH]ccc12. The predicted octanol–water partition coefficient (Wildman–Crippen LogP) is 2.76. The topological polar surface area (TPSA) is 53.1 Å². The van der Waals surface area contributed by atoms with Gasteiger partial charge in [-0.05, 0) is 30.2 Å². The van der Waals surface area contributed by atoms with Crippen LogP contribution in [0.25, 0.3) is 10.9 Å². The minimum absolute atomic E-state index is 0.00662. The average Bonchev–Trinajstić information content (AvgIpc) is 2.61. The number of carboxylic acid groups (broad SMARTS) is 1. The normalized spacial score (nSPS) is 10.8. The van der Waals surface area contributed by atoms with Crippen molar-refractivity contribution in [1.82, 2.24) is 4.98 Å². The van der Waals surface area contributed by atoms with Gasteiger partial charge >= 0.3 is 5.97 Å². The van der Waals surface area contributed by atoms with Crippen molar-refractivity contribution >= 4 is 28.5 Å². The lowest BCUT2D eigenvalue weighted by molar-refractivity contribution is -0.136. The van der Waals surface area contributed by atoms with E-state index in [-0.39, 0.29) is 6.42 Å². The van der Waals surface area contributed by atoms with E-state index in [1.807, 2.05) is 13.0 Å². The van der Waals surface area contributed by atoms with Gasteiger partial charge in [-0.25, -0.2) is 0 Å². The molecule has 3 nitrogen and oxygen atoms in total.